The zero-order valence-corrected chi connectivity index (χ0v) is 12.5. The van der Waals surface area contributed by atoms with Gasteiger partial charge >= 0.3 is 0 Å². The Labute approximate surface area is 114 Å². The van der Waals surface area contributed by atoms with Crippen LogP contribution < -0.4 is 16.4 Å². The van der Waals surface area contributed by atoms with Gasteiger partial charge in [-0.25, -0.2) is 0 Å². The van der Waals surface area contributed by atoms with Gasteiger partial charge in [0.2, 0.25) is 0 Å². The molecule has 0 rings (SSSR count). The first-order valence-electron chi connectivity index (χ1n) is 7.69. The summed E-state index contributed by atoms with van der Waals surface area (Å²) in [5.41, 5.74) is 5.56. The molecule has 0 aliphatic heterocycles. The average molecular weight is 258 g/mol. The van der Waals surface area contributed by atoms with Gasteiger partial charge in [-0.1, -0.05) is 13.8 Å². The predicted octanol–water partition coefficient (Wildman–Crippen LogP) is 1.03. The lowest BCUT2D eigenvalue weighted by molar-refractivity contribution is 0.260. The van der Waals surface area contributed by atoms with Crippen LogP contribution >= 0.6 is 0 Å². The minimum absolute atomic E-state index is 0.822. The van der Waals surface area contributed by atoms with E-state index in [0.29, 0.717) is 0 Å². The molecule has 0 unspecified atom stereocenters. The zero-order chi connectivity index (χ0) is 13.5. The Bertz CT molecular complexity index is 141. The molecule has 4 nitrogen and oxygen atoms in total. The Morgan fingerprint density at radius 1 is 0.778 bits per heavy atom. The zero-order valence-electron chi connectivity index (χ0n) is 12.5. The van der Waals surface area contributed by atoms with E-state index < -0.39 is 0 Å². The van der Waals surface area contributed by atoms with E-state index in [1.807, 2.05) is 0 Å². The molecule has 0 heterocycles. The van der Waals surface area contributed by atoms with Crippen molar-refractivity contribution in [1.29, 1.82) is 0 Å². The molecule has 0 aromatic carbocycles. The van der Waals surface area contributed by atoms with E-state index in [9.17, 15) is 0 Å². The van der Waals surface area contributed by atoms with Gasteiger partial charge in [0.15, 0.2) is 0 Å². The van der Waals surface area contributed by atoms with Crippen LogP contribution in [-0.4, -0.2) is 57.3 Å². The van der Waals surface area contributed by atoms with Crippen molar-refractivity contribution in [2.45, 2.75) is 39.5 Å². The molecule has 0 saturated heterocycles. The molecule has 18 heavy (non-hydrogen) atoms. The molecule has 0 atom stereocenters. The molecule has 0 fully saturated rings. The van der Waals surface area contributed by atoms with Gasteiger partial charge in [0.25, 0.3) is 0 Å². The molecular weight excluding hydrogens is 224 g/mol. The van der Waals surface area contributed by atoms with Gasteiger partial charge in [0.05, 0.1) is 0 Å². The van der Waals surface area contributed by atoms with Crippen molar-refractivity contribution in [1.82, 2.24) is 15.5 Å². The Morgan fingerprint density at radius 3 is 1.72 bits per heavy atom. The van der Waals surface area contributed by atoms with Crippen LogP contribution in [0.5, 0.6) is 0 Å². The molecule has 4 heteroatoms. The van der Waals surface area contributed by atoms with Gasteiger partial charge in [-0.15, -0.1) is 0 Å². The number of nitrogens with two attached hydrogens (primary N) is 1. The van der Waals surface area contributed by atoms with Gasteiger partial charge < -0.3 is 21.3 Å². The van der Waals surface area contributed by atoms with E-state index in [-0.39, 0.29) is 0 Å². The van der Waals surface area contributed by atoms with Gasteiger partial charge in [-0.2, -0.15) is 0 Å². The van der Waals surface area contributed by atoms with Crippen LogP contribution in [0.1, 0.15) is 39.5 Å². The van der Waals surface area contributed by atoms with Gasteiger partial charge in [-0.3, -0.25) is 0 Å². The molecule has 0 aliphatic rings. The van der Waals surface area contributed by atoms with Crippen LogP contribution in [0.3, 0.4) is 0 Å². The summed E-state index contributed by atoms with van der Waals surface area (Å²) in [6.45, 7) is 13.2. The number of unbranched alkanes of at least 4 members (excludes halogenated alkanes) is 1. The highest BCUT2D eigenvalue weighted by Gasteiger charge is 2.03. The SMILES string of the molecule is CCNCCCN(CCCCN)CCCNCC. The summed E-state index contributed by atoms with van der Waals surface area (Å²) >= 11 is 0. The van der Waals surface area contributed by atoms with E-state index in [1.54, 1.807) is 0 Å². The first-order valence-corrected chi connectivity index (χ1v) is 7.69. The molecule has 0 radical (unpaired) electrons. The molecule has 110 valence electrons. The maximum Gasteiger partial charge on any atom is -0.000663 e. The molecule has 4 N–H and O–H groups in total. The monoisotopic (exact) mass is 258 g/mol. The second kappa shape index (κ2) is 14.9. The molecule has 0 aliphatic carbocycles. The van der Waals surface area contributed by atoms with E-state index in [4.69, 9.17) is 5.73 Å². The third-order valence-electron chi connectivity index (χ3n) is 3.08. The van der Waals surface area contributed by atoms with Gasteiger partial charge in [-0.05, 0) is 78.0 Å². The van der Waals surface area contributed by atoms with Crippen LogP contribution in [0.4, 0.5) is 0 Å². The van der Waals surface area contributed by atoms with E-state index in [1.165, 1.54) is 38.9 Å². The van der Waals surface area contributed by atoms with Gasteiger partial charge in [0.1, 0.15) is 0 Å². The number of hydrogen-bond donors (Lipinski definition) is 3. The Balaban J connectivity index is 3.62. The lowest BCUT2D eigenvalue weighted by Gasteiger charge is -2.22. The Hall–Kier alpha value is -0.160. The second-order valence-corrected chi connectivity index (χ2v) is 4.75. The number of rotatable bonds is 14. The summed E-state index contributed by atoms with van der Waals surface area (Å²) in [7, 11) is 0. The molecule has 0 amide bonds. The highest BCUT2D eigenvalue weighted by atomic mass is 15.1. The molecular formula is C14H34N4. The maximum atomic E-state index is 5.56. The summed E-state index contributed by atoms with van der Waals surface area (Å²) in [5.74, 6) is 0. The fourth-order valence-electron chi connectivity index (χ4n) is 2.02. The van der Waals surface area contributed by atoms with Crippen molar-refractivity contribution >= 4 is 0 Å². The van der Waals surface area contributed by atoms with Crippen molar-refractivity contribution in [3.8, 4) is 0 Å². The second-order valence-electron chi connectivity index (χ2n) is 4.75. The van der Waals surface area contributed by atoms with Crippen LogP contribution in [0.15, 0.2) is 0 Å². The average Bonchev–Trinajstić information content (AvgIpc) is 2.39. The van der Waals surface area contributed by atoms with Crippen molar-refractivity contribution in [3.05, 3.63) is 0 Å². The third kappa shape index (κ3) is 12.3. The molecule has 0 bridgehead atoms. The standard InChI is InChI=1S/C14H34N4/c1-3-16-10-7-13-18(12-6-5-9-15)14-8-11-17-4-2/h16-17H,3-15H2,1-2H3. The van der Waals surface area contributed by atoms with Crippen molar-refractivity contribution in [2.75, 3.05) is 52.4 Å². The third-order valence-corrected chi connectivity index (χ3v) is 3.08. The first kappa shape index (κ1) is 17.8. The Kier molecular flexibility index (Phi) is 14.8. The quantitative estimate of drug-likeness (QED) is 0.407. The molecule has 0 saturated carbocycles. The minimum atomic E-state index is 0.822. The highest BCUT2D eigenvalue weighted by Crippen LogP contribution is 1.98. The number of nitrogens with zero attached hydrogens (tertiary/aromatic N) is 1. The largest absolute Gasteiger partial charge is 0.330 e. The maximum absolute atomic E-state index is 5.56. The summed E-state index contributed by atoms with van der Waals surface area (Å²) < 4.78 is 0. The summed E-state index contributed by atoms with van der Waals surface area (Å²) in [4.78, 5) is 2.59. The highest BCUT2D eigenvalue weighted by molar-refractivity contribution is 4.61. The smallest absolute Gasteiger partial charge is 0.000663 e. The van der Waals surface area contributed by atoms with E-state index in [2.05, 4.69) is 29.4 Å². The normalized spacial score (nSPS) is 11.3. The summed E-state index contributed by atoms with van der Waals surface area (Å²) in [6, 6.07) is 0. The Morgan fingerprint density at radius 2 is 1.28 bits per heavy atom. The van der Waals surface area contributed by atoms with Crippen molar-refractivity contribution in [2.24, 2.45) is 5.73 Å². The van der Waals surface area contributed by atoms with Crippen LogP contribution in [-0.2, 0) is 0 Å². The van der Waals surface area contributed by atoms with Gasteiger partial charge in [0, 0.05) is 0 Å². The lowest BCUT2D eigenvalue weighted by atomic mass is 10.2. The number of nitrogens with one attached hydrogen (secondary N) is 2. The van der Waals surface area contributed by atoms with Crippen LogP contribution in [0.25, 0.3) is 0 Å². The molecule has 0 spiro atoms. The minimum Gasteiger partial charge on any atom is -0.330 e. The summed E-state index contributed by atoms with van der Waals surface area (Å²) in [5, 5.41) is 6.78. The van der Waals surface area contributed by atoms with Crippen LogP contribution in [0.2, 0.25) is 0 Å². The topological polar surface area (TPSA) is 53.3 Å². The predicted molar refractivity (Wildman–Crippen MR) is 81.0 cm³/mol. The fourth-order valence-corrected chi connectivity index (χ4v) is 2.02. The van der Waals surface area contributed by atoms with Crippen LogP contribution in [0, 0.1) is 0 Å². The molecule has 0 aromatic rings. The molecule has 0 aromatic heterocycles. The number of hydrogen-bond acceptors (Lipinski definition) is 4. The van der Waals surface area contributed by atoms with Crippen molar-refractivity contribution < 1.29 is 0 Å². The van der Waals surface area contributed by atoms with E-state index >= 15 is 0 Å². The fraction of sp³-hybridized carbons (Fsp3) is 1.00. The lowest BCUT2D eigenvalue weighted by Crippen LogP contribution is -2.31. The van der Waals surface area contributed by atoms with E-state index in [0.717, 1.165) is 39.1 Å². The summed E-state index contributed by atoms with van der Waals surface area (Å²) in [6.07, 6.45) is 4.88. The first-order chi connectivity index (χ1) is 8.85. The van der Waals surface area contributed by atoms with Crippen molar-refractivity contribution in [3.63, 3.8) is 0 Å².